The Bertz CT molecular complexity index is 1190. The van der Waals surface area contributed by atoms with Gasteiger partial charge in [-0.2, -0.15) is 0 Å². The van der Waals surface area contributed by atoms with Crippen LogP contribution in [-0.4, -0.2) is 23.0 Å². The summed E-state index contributed by atoms with van der Waals surface area (Å²) in [4.78, 5) is 25.4. The third-order valence-corrected chi connectivity index (χ3v) is 5.75. The van der Waals surface area contributed by atoms with Crippen LogP contribution in [0.25, 0.3) is 0 Å². The summed E-state index contributed by atoms with van der Waals surface area (Å²) in [5, 5.41) is 12.6. The van der Waals surface area contributed by atoms with Crippen LogP contribution in [0.5, 0.6) is 5.75 Å². The average molecular weight is 466 g/mol. The van der Waals surface area contributed by atoms with Gasteiger partial charge in [0.05, 0.1) is 5.92 Å². The highest BCUT2D eigenvalue weighted by Gasteiger charge is 2.27. The fourth-order valence-corrected chi connectivity index (χ4v) is 3.94. The van der Waals surface area contributed by atoms with E-state index in [0.717, 1.165) is 22.3 Å². The molecule has 1 amide bonds. The number of aliphatic carboxylic acids is 1. The third kappa shape index (κ3) is 6.58. The Morgan fingerprint density at radius 1 is 0.686 bits per heavy atom. The molecule has 0 aliphatic carbocycles. The number of ether oxygens (including phenoxy) is 1. The van der Waals surface area contributed by atoms with E-state index in [1.54, 1.807) is 0 Å². The lowest BCUT2D eigenvalue weighted by molar-refractivity contribution is -0.141. The zero-order chi connectivity index (χ0) is 24.5. The molecular formula is C30H27NO4. The molecular weight excluding hydrogens is 438 g/mol. The Labute approximate surface area is 205 Å². The van der Waals surface area contributed by atoms with Crippen LogP contribution in [-0.2, 0) is 22.6 Å². The van der Waals surface area contributed by atoms with E-state index < -0.39 is 17.9 Å². The summed E-state index contributed by atoms with van der Waals surface area (Å²) in [6.45, 7) is 0.453. The molecule has 4 aromatic carbocycles. The van der Waals surface area contributed by atoms with E-state index >= 15 is 0 Å². The van der Waals surface area contributed by atoms with E-state index in [0.29, 0.717) is 12.4 Å². The first-order valence-corrected chi connectivity index (χ1v) is 11.5. The molecule has 4 rings (SSSR count). The molecule has 0 unspecified atom stereocenters. The molecule has 0 radical (unpaired) electrons. The Hall–Kier alpha value is -4.38. The maximum absolute atomic E-state index is 13.3. The Morgan fingerprint density at radius 3 is 1.71 bits per heavy atom. The van der Waals surface area contributed by atoms with Crippen molar-refractivity contribution in [3.63, 3.8) is 0 Å². The van der Waals surface area contributed by atoms with Crippen LogP contribution >= 0.6 is 0 Å². The fourth-order valence-electron chi connectivity index (χ4n) is 3.94. The average Bonchev–Trinajstić information content (AvgIpc) is 2.90. The van der Waals surface area contributed by atoms with Crippen LogP contribution in [0.4, 0.5) is 0 Å². The Balaban J connectivity index is 1.44. The highest BCUT2D eigenvalue weighted by molar-refractivity contribution is 5.90. The number of carboxylic acid groups (broad SMARTS) is 1. The topological polar surface area (TPSA) is 75.6 Å². The number of hydrogen-bond donors (Lipinski definition) is 2. The van der Waals surface area contributed by atoms with Crippen LogP contribution in [0.15, 0.2) is 115 Å². The van der Waals surface area contributed by atoms with E-state index in [4.69, 9.17) is 4.74 Å². The van der Waals surface area contributed by atoms with Gasteiger partial charge in [0, 0.05) is 6.42 Å². The van der Waals surface area contributed by atoms with Crippen LogP contribution in [0.1, 0.15) is 28.2 Å². The smallest absolute Gasteiger partial charge is 0.326 e. The second-order valence-corrected chi connectivity index (χ2v) is 8.28. The normalized spacial score (nSPS) is 11.6. The van der Waals surface area contributed by atoms with E-state index in [1.807, 2.05) is 115 Å². The lowest BCUT2D eigenvalue weighted by atomic mass is 9.90. The predicted molar refractivity (Wildman–Crippen MR) is 135 cm³/mol. The Kier molecular flexibility index (Phi) is 7.92. The summed E-state index contributed by atoms with van der Waals surface area (Å²) < 4.78 is 5.81. The lowest BCUT2D eigenvalue weighted by Crippen LogP contribution is -2.44. The SMILES string of the molecule is O=C(N[C@@H](Cc1ccc(OCc2ccccc2)cc1)C(=O)O)C(c1ccccc1)c1ccccc1. The summed E-state index contributed by atoms with van der Waals surface area (Å²) in [5.74, 6) is -1.34. The van der Waals surface area contributed by atoms with Crippen molar-refractivity contribution in [1.29, 1.82) is 0 Å². The first-order valence-electron chi connectivity index (χ1n) is 11.5. The standard InChI is InChI=1S/C30H27NO4/c32-29(28(24-12-6-2-7-13-24)25-14-8-3-9-15-25)31-27(30(33)34)20-22-16-18-26(19-17-22)35-21-23-10-4-1-5-11-23/h1-19,27-28H,20-21H2,(H,31,32)(H,33,34)/t27-/m0/s1. The third-order valence-electron chi connectivity index (χ3n) is 5.75. The van der Waals surface area contributed by atoms with Crippen LogP contribution in [0, 0.1) is 0 Å². The second-order valence-electron chi connectivity index (χ2n) is 8.28. The van der Waals surface area contributed by atoms with Crippen molar-refractivity contribution >= 4 is 11.9 Å². The number of rotatable bonds is 10. The van der Waals surface area contributed by atoms with Gasteiger partial charge in [-0.1, -0.05) is 103 Å². The van der Waals surface area contributed by atoms with Crippen LogP contribution in [0.2, 0.25) is 0 Å². The fraction of sp³-hybridized carbons (Fsp3) is 0.133. The summed E-state index contributed by atoms with van der Waals surface area (Å²) in [6, 6.07) is 34.8. The molecule has 0 saturated heterocycles. The number of hydrogen-bond acceptors (Lipinski definition) is 3. The van der Waals surface area contributed by atoms with E-state index in [2.05, 4.69) is 5.32 Å². The molecule has 0 bridgehead atoms. The minimum atomic E-state index is -1.08. The van der Waals surface area contributed by atoms with Gasteiger partial charge in [0.2, 0.25) is 5.91 Å². The molecule has 5 nitrogen and oxygen atoms in total. The van der Waals surface area contributed by atoms with Gasteiger partial charge in [-0.3, -0.25) is 4.79 Å². The van der Waals surface area contributed by atoms with Crippen molar-refractivity contribution in [2.75, 3.05) is 0 Å². The van der Waals surface area contributed by atoms with Gasteiger partial charge in [-0.05, 0) is 34.4 Å². The van der Waals surface area contributed by atoms with Gasteiger partial charge in [0.1, 0.15) is 18.4 Å². The van der Waals surface area contributed by atoms with Crippen molar-refractivity contribution in [2.24, 2.45) is 0 Å². The van der Waals surface area contributed by atoms with E-state index in [1.165, 1.54) is 0 Å². The highest BCUT2D eigenvalue weighted by Crippen LogP contribution is 2.25. The van der Waals surface area contributed by atoms with Crippen molar-refractivity contribution < 1.29 is 19.4 Å². The molecule has 4 aromatic rings. The molecule has 0 aliphatic heterocycles. The van der Waals surface area contributed by atoms with Gasteiger partial charge in [0.25, 0.3) is 0 Å². The summed E-state index contributed by atoms with van der Waals surface area (Å²) in [5.41, 5.74) is 3.47. The molecule has 5 heteroatoms. The van der Waals surface area contributed by atoms with Gasteiger partial charge in [0.15, 0.2) is 0 Å². The number of carbonyl (C=O) groups excluding carboxylic acids is 1. The first-order chi connectivity index (χ1) is 17.1. The number of carboxylic acids is 1. The number of benzene rings is 4. The number of amides is 1. The van der Waals surface area contributed by atoms with Gasteiger partial charge >= 0.3 is 5.97 Å². The van der Waals surface area contributed by atoms with E-state index in [9.17, 15) is 14.7 Å². The lowest BCUT2D eigenvalue weighted by Gasteiger charge is -2.21. The van der Waals surface area contributed by atoms with Gasteiger partial charge in [-0.25, -0.2) is 4.79 Å². The van der Waals surface area contributed by atoms with Crippen molar-refractivity contribution in [3.8, 4) is 5.75 Å². The summed E-state index contributed by atoms with van der Waals surface area (Å²) in [7, 11) is 0. The van der Waals surface area contributed by atoms with Gasteiger partial charge in [-0.15, -0.1) is 0 Å². The van der Waals surface area contributed by atoms with E-state index in [-0.39, 0.29) is 12.3 Å². The molecule has 0 fully saturated rings. The molecule has 0 aliphatic rings. The summed E-state index contributed by atoms with van der Waals surface area (Å²) in [6.07, 6.45) is 0.163. The summed E-state index contributed by atoms with van der Waals surface area (Å²) >= 11 is 0. The molecule has 0 heterocycles. The van der Waals surface area contributed by atoms with Crippen LogP contribution in [0.3, 0.4) is 0 Å². The molecule has 1 atom stereocenters. The largest absolute Gasteiger partial charge is 0.489 e. The zero-order valence-electron chi connectivity index (χ0n) is 19.2. The van der Waals surface area contributed by atoms with Crippen molar-refractivity contribution in [3.05, 3.63) is 138 Å². The monoisotopic (exact) mass is 465 g/mol. The Morgan fingerprint density at radius 2 is 1.20 bits per heavy atom. The quantitative estimate of drug-likeness (QED) is 0.337. The van der Waals surface area contributed by atoms with Gasteiger partial charge < -0.3 is 15.2 Å². The molecule has 176 valence electrons. The molecule has 0 saturated carbocycles. The van der Waals surface area contributed by atoms with Crippen molar-refractivity contribution in [1.82, 2.24) is 5.32 Å². The zero-order valence-corrected chi connectivity index (χ0v) is 19.2. The van der Waals surface area contributed by atoms with Crippen molar-refractivity contribution in [2.45, 2.75) is 25.0 Å². The molecule has 0 spiro atoms. The first kappa shape index (κ1) is 23.8. The number of nitrogens with one attached hydrogen (secondary N) is 1. The van der Waals surface area contributed by atoms with Crippen LogP contribution < -0.4 is 10.1 Å². The molecule has 35 heavy (non-hydrogen) atoms. The number of carbonyl (C=O) groups is 2. The minimum absolute atomic E-state index is 0.163. The molecule has 0 aromatic heterocycles. The minimum Gasteiger partial charge on any atom is -0.489 e. The predicted octanol–water partition coefficient (Wildman–Crippen LogP) is 5.21. The maximum Gasteiger partial charge on any atom is 0.326 e. The second kappa shape index (κ2) is 11.7. The maximum atomic E-state index is 13.3. The highest BCUT2D eigenvalue weighted by atomic mass is 16.5. The molecule has 2 N–H and O–H groups in total.